The van der Waals surface area contributed by atoms with Crippen LogP contribution in [0.3, 0.4) is 0 Å². The number of piperazine rings is 1. The maximum atomic E-state index is 13.2. The van der Waals surface area contributed by atoms with Gasteiger partial charge in [-0.2, -0.15) is 9.40 Å². The van der Waals surface area contributed by atoms with Crippen molar-refractivity contribution >= 4 is 27.0 Å². The number of amides is 1. The van der Waals surface area contributed by atoms with Gasteiger partial charge >= 0.3 is 0 Å². The van der Waals surface area contributed by atoms with Crippen molar-refractivity contribution in [2.45, 2.75) is 44.9 Å². The molecular formula is C24H31N5O3S. The van der Waals surface area contributed by atoms with Gasteiger partial charge in [-0.3, -0.25) is 9.48 Å². The number of aryl methyl sites for hydroxylation is 3. The monoisotopic (exact) mass is 469 g/mol. The first-order chi connectivity index (χ1) is 15.6. The predicted molar refractivity (Wildman–Crippen MR) is 128 cm³/mol. The fraction of sp³-hybridized carbons (Fsp3) is 0.458. The molecule has 0 aliphatic carbocycles. The van der Waals surface area contributed by atoms with E-state index in [1.54, 1.807) is 21.7 Å². The van der Waals surface area contributed by atoms with Gasteiger partial charge in [-0.1, -0.05) is 26.0 Å². The molecule has 0 radical (unpaired) electrons. The number of aromatic nitrogens is 3. The topological polar surface area (TPSA) is 88.4 Å². The van der Waals surface area contributed by atoms with Gasteiger partial charge in [-0.05, 0) is 49.9 Å². The van der Waals surface area contributed by atoms with Crippen molar-refractivity contribution < 1.29 is 13.2 Å². The van der Waals surface area contributed by atoms with Crippen LogP contribution in [-0.4, -0.2) is 64.5 Å². The van der Waals surface area contributed by atoms with Crippen LogP contribution in [0.1, 0.15) is 53.5 Å². The Morgan fingerprint density at radius 1 is 1.06 bits per heavy atom. The minimum Gasteiger partial charge on any atom is -0.336 e. The van der Waals surface area contributed by atoms with Crippen molar-refractivity contribution in [3.63, 3.8) is 0 Å². The Kier molecular flexibility index (Phi) is 6.28. The minimum absolute atomic E-state index is 0.125. The van der Waals surface area contributed by atoms with Gasteiger partial charge in [0.15, 0.2) is 5.65 Å². The summed E-state index contributed by atoms with van der Waals surface area (Å²) in [6.07, 6.45) is 1.00. The van der Waals surface area contributed by atoms with Crippen LogP contribution in [0, 0.1) is 13.8 Å². The van der Waals surface area contributed by atoms with Crippen molar-refractivity contribution in [2.24, 2.45) is 7.05 Å². The van der Waals surface area contributed by atoms with Crippen LogP contribution in [0.25, 0.3) is 11.0 Å². The van der Waals surface area contributed by atoms with Gasteiger partial charge in [0.05, 0.1) is 21.8 Å². The highest BCUT2D eigenvalue weighted by Crippen LogP contribution is 2.24. The number of nitrogens with zero attached hydrogens (tertiary/aromatic N) is 5. The largest absolute Gasteiger partial charge is 0.336 e. The highest BCUT2D eigenvalue weighted by Gasteiger charge is 2.31. The summed E-state index contributed by atoms with van der Waals surface area (Å²) in [5, 5.41) is 5.24. The normalized spacial score (nSPS) is 16.3. The maximum Gasteiger partial charge on any atom is 0.255 e. The molecule has 0 spiro atoms. The second kappa shape index (κ2) is 8.87. The lowest BCUT2D eigenvalue weighted by atomic mass is 9.99. The predicted octanol–water partition coefficient (Wildman–Crippen LogP) is 3.25. The van der Waals surface area contributed by atoms with Gasteiger partial charge in [0.2, 0.25) is 10.0 Å². The van der Waals surface area contributed by atoms with E-state index in [2.05, 4.69) is 23.9 Å². The molecule has 1 saturated heterocycles. The van der Waals surface area contributed by atoms with E-state index >= 15 is 0 Å². The van der Waals surface area contributed by atoms with Gasteiger partial charge in [-0.15, -0.1) is 0 Å². The van der Waals surface area contributed by atoms with Crippen LogP contribution < -0.4 is 0 Å². The van der Waals surface area contributed by atoms with Crippen molar-refractivity contribution in [3.8, 4) is 0 Å². The van der Waals surface area contributed by atoms with Crippen LogP contribution in [0.5, 0.6) is 0 Å². The van der Waals surface area contributed by atoms with Gasteiger partial charge in [0, 0.05) is 38.6 Å². The number of pyridine rings is 1. The molecule has 1 fully saturated rings. The van der Waals surface area contributed by atoms with Crippen LogP contribution in [-0.2, 0) is 17.1 Å². The number of fused-ring (bicyclic) bond motifs is 1. The summed E-state index contributed by atoms with van der Waals surface area (Å²) < 4.78 is 29.4. The summed E-state index contributed by atoms with van der Waals surface area (Å²) in [5.41, 5.74) is 3.89. The molecule has 3 aromatic rings. The zero-order valence-corrected chi connectivity index (χ0v) is 20.7. The first-order valence-corrected chi connectivity index (χ1v) is 12.8. The van der Waals surface area contributed by atoms with E-state index in [-0.39, 0.29) is 19.0 Å². The summed E-state index contributed by atoms with van der Waals surface area (Å²) >= 11 is 0. The molecule has 4 rings (SSSR count). The second-order valence-corrected chi connectivity index (χ2v) is 10.7. The van der Waals surface area contributed by atoms with Crippen LogP contribution in [0.2, 0.25) is 0 Å². The fourth-order valence-electron chi connectivity index (χ4n) is 4.30. The summed E-state index contributed by atoms with van der Waals surface area (Å²) in [6, 6.07) is 9.02. The van der Waals surface area contributed by atoms with E-state index in [4.69, 9.17) is 0 Å². The number of sulfonamides is 1. The van der Waals surface area contributed by atoms with E-state index in [1.165, 1.54) is 4.31 Å². The number of hydrogen-bond acceptors (Lipinski definition) is 5. The van der Waals surface area contributed by atoms with Gasteiger partial charge in [0.25, 0.3) is 5.91 Å². The lowest BCUT2D eigenvalue weighted by Gasteiger charge is -2.34. The second-order valence-electron chi connectivity index (χ2n) is 8.78. The Labute approximate surface area is 195 Å². The Balaban J connectivity index is 1.48. The first kappa shape index (κ1) is 23.4. The highest BCUT2D eigenvalue weighted by molar-refractivity contribution is 7.89. The lowest BCUT2D eigenvalue weighted by Crippen LogP contribution is -2.50. The molecule has 1 unspecified atom stereocenters. The summed E-state index contributed by atoms with van der Waals surface area (Å²) in [5.74, 6) is 0.268. The number of benzene rings is 1. The zero-order valence-electron chi connectivity index (χ0n) is 19.9. The molecule has 1 aliphatic rings. The fourth-order valence-corrected chi connectivity index (χ4v) is 5.73. The molecule has 176 valence electrons. The smallest absolute Gasteiger partial charge is 0.255 e. The van der Waals surface area contributed by atoms with Gasteiger partial charge in [0.1, 0.15) is 0 Å². The van der Waals surface area contributed by atoms with Crippen molar-refractivity contribution in [1.82, 2.24) is 24.0 Å². The van der Waals surface area contributed by atoms with Gasteiger partial charge in [-0.25, -0.2) is 13.4 Å². The van der Waals surface area contributed by atoms with E-state index in [0.717, 1.165) is 28.7 Å². The number of carbonyl (C=O) groups is 1. The molecule has 3 heterocycles. The van der Waals surface area contributed by atoms with Crippen LogP contribution in [0.15, 0.2) is 35.2 Å². The quantitative estimate of drug-likeness (QED) is 0.572. The van der Waals surface area contributed by atoms with E-state index in [0.29, 0.717) is 35.2 Å². The molecule has 0 bridgehead atoms. The summed E-state index contributed by atoms with van der Waals surface area (Å²) in [7, 11) is -1.76. The molecule has 1 aliphatic heterocycles. The van der Waals surface area contributed by atoms with E-state index < -0.39 is 10.0 Å². The first-order valence-electron chi connectivity index (χ1n) is 11.3. The third kappa shape index (κ3) is 4.27. The standard InChI is InChI=1S/C24H31N5O3S/c1-6-16(2)19-7-9-20(10-8-19)33(31,32)29-13-11-28(12-14-29)24(30)22-15-21-18(4)26-27(5)23(21)25-17(22)3/h7-10,15-16H,6,11-14H2,1-5H3. The molecule has 0 saturated carbocycles. The van der Waals surface area contributed by atoms with E-state index in [9.17, 15) is 13.2 Å². The minimum atomic E-state index is -3.59. The molecule has 0 N–H and O–H groups in total. The highest BCUT2D eigenvalue weighted by atomic mass is 32.2. The van der Waals surface area contributed by atoms with Crippen LogP contribution >= 0.6 is 0 Å². The SMILES string of the molecule is CCC(C)c1ccc(S(=O)(=O)N2CCN(C(=O)c3cc4c(C)nn(C)c4nc3C)CC2)cc1. The zero-order chi connectivity index (χ0) is 23.9. The van der Waals surface area contributed by atoms with E-state index in [1.807, 2.05) is 39.1 Å². The van der Waals surface area contributed by atoms with Crippen molar-refractivity contribution in [1.29, 1.82) is 0 Å². The Hall–Kier alpha value is -2.78. The average molecular weight is 470 g/mol. The van der Waals surface area contributed by atoms with Crippen molar-refractivity contribution in [3.05, 3.63) is 52.8 Å². The molecule has 1 amide bonds. The molecule has 9 heteroatoms. The Bertz CT molecular complexity index is 1290. The Morgan fingerprint density at radius 3 is 2.30 bits per heavy atom. The molecule has 33 heavy (non-hydrogen) atoms. The summed E-state index contributed by atoms with van der Waals surface area (Å²) in [6.45, 7) is 9.17. The lowest BCUT2D eigenvalue weighted by molar-refractivity contribution is 0.0697. The van der Waals surface area contributed by atoms with Crippen LogP contribution in [0.4, 0.5) is 0 Å². The maximum absolute atomic E-state index is 13.2. The average Bonchev–Trinajstić information content (AvgIpc) is 3.09. The molecule has 8 nitrogen and oxygen atoms in total. The van der Waals surface area contributed by atoms with Gasteiger partial charge < -0.3 is 4.90 Å². The van der Waals surface area contributed by atoms with Crippen molar-refractivity contribution in [2.75, 3.05) is 26.2 Å². The number of carbonyl (C=O) groups excluding carboxylic acids is 1. The number of hydrogen-bond donors (Lipinski definition) is 0. The number of rotatable bonds is 5. The molecule has 1 atom stereocenters. The third-order valence-corrected chi connectivity index (χ3v) is 8.56. The molecule has 2 aromatic heterocycles. The molecule has 1 aromatic carbocycles. The molecular weight excluding hydrogens is 438 g/mol. The Morgan fingerprint density at radius 2 is 1.70 bits per heavy atom. The summed E-state index contributed by atoms with van der Waals surface area (Å²) in [4.78, 5) is 19.8. The third-order valence-electron chi connectivity index (χ3n) is 6.64.